The highest BCUT2D eigenvalue weighted by Crippen LogP contribution is 2.33. The molecule has 1 atom stereocenters. The van der Waals surface area contributed by atoms with Gasteiger partial charge in [0.25, 0.3) is 15.7 Å². The van der Waals surface area contributed by atoms with Gasteiger partial charge in [-0.3, -0.25) is 14.8 Å². The summed E-state index contributed by atoms with van der Waals surface area (Å²) in [5.74, 6) is 1.11. The van der Waals surface area contributed by atoms with E-state index in [1.807, 2.05) is 4.72 Å². The zero-order valence-electron chi connectivity index (χ0n) is 17.8. The Kier molecular flexibility index (Phi) is 6.43. The van der Waals surface area contributed by atoms with Crippen molar-refractivity contribution in [1.82, 2.24) is 0 Å². The van der Waals surface area contributed by atoms with E-state index in [1.54, 1.807) is 24.3 Å². The number of rotatable bonds is 7. The number of hydrogen-bond acceptors (Lipinski definition) is 7. The second kappa shape index (κ2) is 9.33. The van der Waals surface area contributed by atoms with Gasteiger partial charge in [-0.05, 0) is 42.5 Å². The summed E-state index contributed by atoms with van der Waals surface area (Å²) >= 11 is 0. The SMILES string of the molecule is O=[N+]([O-])c1cc(S(=O)(=O)Nc2cccc(C(F)(F)F)c2)ccc1NC[C@H]1COc2ccccc2O1. The predicted molar refractivity (Wildman–Crippen MR) is 120 cm³/mol. The maximum absolute atomic E-state index is 12.9. The van der Waals surface area contributed by atoms with Crippen LogP contribution < -0.4 is 19.5 Å². The molecule has 3 aromatic rings. The fourth-order valence-electron chi connectivity index (χ4n) is 3.34. The lowest BCUT2D eigenvalue weighted by Gasteiger charge is -2.26. The summed E-state index contributed by atoms with van der Waals surface area (Å²) in [6.07, 6.45) is -5.13. The first-order chi connectivity index (χ1) is 16.5. The molecule has 0 spiro atoms. The number of anilines is 2. The van der Waals surface area contributed by atoms with Gasteiger partial charge in [0.05, 0.1) is 21.9 Å². The van der Waals surface area contributed by atoms with Crippen LogP contribution in [0.25, 0.3) is 0 Å². The summed E-state index contributed by atoms with van der Waals surface area (Å²) in [7, 11) is -4.41. The second-order valence-corrected chi connectivity index (χ2v) is 9.18. The lowest BCUT2D eigenvalue weighted by molar-refractivity contribution is -0.384. The van der Waals surface area contributed by atoms with Crippen molar-refractivity contribution in [2.45, 2.75) is 17.2 Å². The zero-order valence-corrected chi connectivity index (χ0v) is 18.6. The van der Waals surface area contributed by atoms with Crippen molar-refractivity contribution in [1.29, 1.82) is 0 Å². The molecule has 0 radical (unpaired) electrons. The van der Waals surface area contributed by atoms with Crippen molar-refractivity contribution >= 4 is 27.1 Å². The van der Waals surface area contributed by atoms with Crippen molar-refractivity contribution in [3.8, 4) is 11.5 Å². The van der Waals surface area contributed by atoms with Crippen LogP contribution in [0.15, 0.2) is 71.6 Å². The number of hydrogen-bond donors (Lipinski definition) is 2. The standard InChI is InChI=1S/C22H18F3N3O6S/c23-22(24,25)14-4-3-5-15(10-14)27-35(31,32)17-8-9-18(19(11-17)28(29)30)26-12-16-13-33-20-6-1-2-7-21(20)34-16/h1-11,16,26-27H,12-13H2/t16-/m0/s1. The molecule has 1 aliphatic heterocycles. The molecule has 9 nitrogen and oxygen atoms in total. The third-order valence-corrected chi connectivity index (χ3v) is 6.38. The lowest BCUT2D eigenvalue weighted by Crippen LogP contribution is -2.35. The van der Waals surface area contributed by atoms with Crippen LogP contribution in [0, 0.1) is 10.1 Å². The van der Waals surface area contributed by atoms with Crippen molar-refractivity contribution in [3.05, 3.63) is 82.4 Å². The van der Waals surface area contributed by atoms with E-state index < -0.39 is 43.4 Å². The molecule has 0 bridgehead atoms. The fraction of sp³-hybridized carbons (Fsp3) is 0.182. The minimum absolute atomic E-state index is 0.0375. The van der Waals surface area contributed by atoms with E-state index in [0.29, 0.717) is 17.6 Å². The smallest absolute Gasteiger partial charge is 0.416 e. The summed E-state index contributed by atoms with van der Waals surface area (Å²) in [6, 6.07) is 13.8. The number of ether oxygens (including phenoxy) is 2. The van der Waals surface area contributed by atoms with E-state index in [9.17, 15) is 31.7 Å². The van der Waals surface area contributed by atoms with E-state index in [-0.39, 0.29) is 24.5 Å². The summed E-state index contributed by atoms with van der Waals surface area (Å²) in [5, 5.41) is 14.5. The first kappa shape index (κ1) is 24.1. The molecule has 184 valence electrons. The van der Waals surface area contributed by atoms with Gasteiger partial charge in [-0.2, -0.15) is 13.2 Å². The van der Waals surface area contributed by atoms with Crippen molar-refractivity contribution in [2.75, 3.05) is 23.2 Å². The van der Waals surface area contributed by atoms with Gasteiger partial charge in [0.2, 0.25) is 0 Å². The van der Waals surface area contributed by atoms with Gasteiger partial charge < -0.3 is 14.8 Å². The van der Waals surface area contributed by atoms with Gasteiger partial charge in [0.15, 0.2) is 11.5 Å². The summed E-state index contributed by atoms with van der Waals surface area (Å²) in [5.41, 5.74) is -1.87. The van der Waals surface area contributed by atoms with Gasteiger partial charge in [0.1, 0.15) is 18.4 Å². The van der Waals surface area contributed by atoms with Crippen LogP contribution in [0.4, 0.5) is 30.2 Å². The normalized spacial score (nSPS) is 15.3. The Labute approximate surface area is 197 Å². The Balaban J connectivity index is 1.50. The Bertz CT molecular complexity index is 1360. The highest BCUT2D eigenvalue weighted by Gasteiger charge is 2.31. The molecule has 1 heterocycles. The molecular formula is C22H18F3N3O6S. The largest absolute Gasteiger partial charge is 0.486 e. The second-order valence-electron chi connectivity index (χ2n) is 7.50. The number of nitrogens with zero attached hydrogens (tertiary/aromatic N) is 1. The number of para-hydroxylation sites is 2. The van der Waals surface area contributed by atoms with Gasteiger partial charge in [0, 0.05) is 11.8 Å². The Morgan fingerprint density at radius 3 is 2.49 bits per heavy atom. The van der Waals surface area contributed by atoms with Gasteiger partial charge in [-0.25, -0.2) is 8.42 Å². The van der Waals surface area contributed by atoms with E-state index in [4.69, 9.17) is 9.47 Å². The zero-order chi connectivity index (χ0) is 25.2. The molecule has 0 saturated carbocycles. The third kappa shape index (κ3) is 5.57. The summed E-state index contributed by atoms with van der Waals surface area (Å²) < 4.78 is 77.5. The maximum atomic E-state index is 12.9. The van der Waals surface area contributed by atoms with Crippen LogP contribution >= 0.6 is 0 Å². The number of alkyl halides is 3. The number of fused-ring (bicyclic) bond motifs is 1. The molecule has 0 aromatic heterocycles. The fourth-order valence-corrected chi connectivity index (χ4v) is 4.41. The first-order valence-corrected chi connectivity index (χ1v) is 11.6. The van der Waals surface area contributed by atoms with Gasteiger partial charge in [-0.1, -0.05) is 18.2 Å². The van der Waals surface area contributed by atoms with Crippen LogP contribution in [0.3, 0.4) is 0 Å². The monoisotopic (exact) mass is 509 g/mol. The first-order valence-electron chi connectivity index (χ1n) is 10.1. The van der Waals surface area contributed by atoms with E-state index in [0.717, 1.165) is 30.3 Å². The molecule has 0 saturated heterocycles. The van der Waals surface area contributed by atoms with E-state index in [2.05, 4.69) is 5.32 Å². The van der Waals surface area contributed by atoms with Crippen LogP contribution in [0.1, 0.15) is 5.56 Å². The molecule has 3 aromatic carbocycles. The minimum Gasteiger partial charge on any atom is -0.486 e. The van der Waals surface area contributed by atoms with E-state index >= 15 is 0 Å². The van der Waals surface area contributed by atoms with E-state index in [1.165, 1.54) is 6.07 Å². The molecule has 1 aliphatic rings. The molecular weight excluding hydrogens is 491 g/mol. The van der Waals surface area contributed by atoms with Crippen LogP contribution in [-0.4, -0.2) is 32.6 Å². The van der Waals surface area contributed by atoms with Crippen molar-refractivity contribution < 1.29 is 36.0 Å². The lowest BCUT2D eigenvalue weighted by atomic mass is 10.2. The minimum atomic E-state index is -4.66. The van der Waals surface area contributed by atoms with Gasteiger partial charge >= 0.3 is 6.18 Å². The molecule has 0 aliphatic carbocycles. The molecule has 13 heteroatoms. The summed E-state index contributed by atoms with van der Waals surface area (Å²) in [6.45, 7) is 0.328. The molecule has 0 amide bonds. The summed E-state index contributed by atoms with van der Waals surface area (Å²) in [4.78, 5) is 10.3. The molecule has 0 fully saturated rings. The number of nitro benzene ring substituents is 1. The number of halogens is 3. The Morgan fingerprint density at radius 1 is 1.03 bits per heavy atom. The average molecular weight is 509 g/mol. The molecule has 0 unspecified atom stereocenters. The molecule has 4 rings (SSSR count). The third-order valence-electron chi connectivity index (χ3n) is 5.01. The number of benzene rings is 3. The number of nitro groups is 1. The van der Waals surface area contributed by atoms with Crippen molar-refractivity contribution in [3.63, 3.8) is 0 Å². The predicted octanol–water partition coefficient (Wildman–Crippen LogP) is 4.67. The molecule has 35 heavy (non-hydrogen) atoms. The highest BCUT2D eigenvalue weighted by molar-refractivity contribution is 7.92. The quantitative estimate of drug-likeness (QED) is 0.351. The van der Waals surface area contributed by atoms with Crippen LogP contribution in [0.5, 0.6) is 11.5 Å². The van der Waals surface area contributed by atoms with Crippen molar-refractivity contribution in [2.24, 2.45) is 0 Å². The highest BCUT2D eigenvalue weighted by atomic mass is 32.2. The average Bonchev–Trinajstić information content (AvgIpc) is 2.81. The number of nitrogens with one attached hydrogen (secondary N) is 2. The topological polar surface area (TPSA) is 120 Å². The van der Waals surface area contributed by atoms with Crippen LogP contribution in [0.2, 0.25) is 0 Å². The maximum Gasteiger partial charge on any atom is 0.416 e. The molecule has 2 N–H and O–H groups in total. The number of sulfonamides is 1. The van der Waals surface area contributed by atoms with Crippen LogP contribution in [-0.2, 0) is 16.2 Å². The van der Waals surface area contributed by atoms with Gasteiger partial charge in [-0.15, -0.1) is 0 Å². The Hall–Kier alpha value is -4.00. The Morgan fingerprint density at radius 2 is 1.77 bits per heavy atom.